The predicted molar refractivity (Wildman–Crippen MR) is 146 cm³/mol. The standard InChI is InChI=1S/C29H32ClN3O4/c1-4-36-27-17-22(10-15-26(27)37-19-21-8-6-5-7-9-21)18-31-33-29(35)25(16-20(2)3)32-28(34)23-11-13-24(30)14-12-23/h5-15,17-18,20,25H,4,16,19H2,1-3H3,(H,32,34)(H,33,35)/b31-18-/t25-/m0/s1. The molecular weight excluding hydrogens is 490 g/mol. The second kappa shape index (κ2) is 14.0. The molecule has 194 valence electrons. The van der Waals surface area contributed by atoms with Gasteiger partial charge in [-0.05, 0) is 72.9 Å². The average molecular weight is 522 g/mol. The number of carbonyl (C=O) groups is 2. The average Bonchev–Trinajstić information content (AvgIpc) is 2.88. The van der Waals surface area contributed by atoms with Crippen molar-refractivity contribution in [2.45, 2.75) is 39.8 Å². The largest absolute Gasteiger partial charge is 0.490 e. The Balaban J connectivity index is 1.63. The lowest BCUT2D eigenvalue weighted by Gasteiger charge is -2.19. The maximum atomic E-state index is 12.8. The van der Waals surface area contributed by atoms with E-state index in [-0.39, 0.29) is 11.8 Å². The van der Waals surface area contributed by atoms with Crippen LogP contribution in [0.5, 0.6) is 11.5 Å². The lowest BCUT2D eigenvalue weighted by Crippen LogP contribution is -2.46. The van der Waals surface area contributed by atoms with Crippen LogP contribution in [-0.4, -0.2) is 30.7 Å². The van der Waals surface area contributed by atoms with Crippen molar-refractivity contribution in [3.05, 3.63) is 94.5 Å². The highest BCUT2D eigenvalue weighted by Crippen LogP contribution is 2.29. The molecule has 0 fully saturated rings. The third-order valence-corrected chi connectivity index (χ3v) is 5.58. The monoisotopic (exact) mass is 521 g/mol. The smallest absolute Gasteiger partial charge is 0.262 e. The van der Waals surface area contributed by atoms with E-state index in [1.807, 2.05) is 63.2 Å². The van der Waals surface area contributed by atoms with E-state index in [4.69, 9.17) is 21.1 Å². The molecule has 0 aliphatic heterocycles. The van der Waals surface area contributed by atoms with Crippen molar-refractivity contribution in [1.29, 1.82) is 0 Å². The Hall–Kier alpha value is -3.84. The number of carbonyl (C=O) groups excluding carboxylic acids is 2. The number of hydrazone groups is 1. The van der Waals surface area contributed by atoms with E-state index in [0.29, 0.717) is 41.7 Å². The molecule has 3 rings (SSSR count). The van der Waals surface area contributed by atoms with Gasteiger partial charge in [-0.25, -0.2) is 5.43 Å². The van der Waals surface area contributed by atoms with Crippen molar-refractivity contribution in [3.8, 4) is 11.5 Å². The zero-order valence-electron chi connectivity index (χ0n) is 21.2. The molecule has 37 heavy (non-hydrogen) atoms. The van der Waals surface area contributed by atoms with Crippen molar-refractivity contribution in [2.24, 2.45) is 11.0 Å². The topological polar surface area (TPSA) is 89.0 Å². The summed E-state index contributed by atoms with van der Waals surface area (Å²) in [6.07, 6.45) is 1.98. The fourth-order valence-electron chi connectivity index (χ4n) is 3.52. The predicted octanol–water partition coefficient (Wildman–Crippen LogP) is 5.61. The second-order valence-electron chi connectivity index (χ2n) is 8.81. The number of hydrogen-bond donors (Lipinski definition) is 2. The van der Waals surface area contributed by atoms with E-state index in [0.717, 1.165) is 11.1 Å². The number of nitrogens with one attached hydrogen (secondary N) is 2. The van der Waals surface area contributed by atoms with Gasteiger partial charge >= 0.3 is 0 Å². The summed E-state index contributed by atoms with van der Waals surface area (Å²) >= 11 is 5.90. The number of nitrogens with zero attached hydrogens (tertiary/aromatic N) is 1. The molecule has 0 aliphatic rings. The van der Waals surface area contributed by atoms with E-state index in [1.54, 1.807) is 30.3 Å². The summed E-state index contributed by atoms with van der Waals surface area (Å²) in [5.74, 6) is 0.631. The van der Waals surface area contributed by atoms with Crippen LogP contribution in [-0.2, 0) is 11.4 Å². The first-order valence-corrected chi connectivity index (χ1v) is 12.6. The van der Waals surface area contributed by atoms with E-state index < -0.39 is 11.9 Å². The van der Waals surface area contributed by atoms with E-state index in [1.165, 1.54) is 6.21 Å². The molecule has 0 saturated heterocycles. The third-order valence-electron chi connectivity index (χ3n) is 5.33. The molecule has 2 N–H and O–H groups in total. The highest BCUT2D eigenvalue weighted by Gasteiger charge is 2.22. The molecule has 0 spiro atoms. The summed E-state index contributed by atoms with van der Waals surface area (Å²) in [5, 5.41) is 7.42. The van der Waals surface area contributed by atoms with Crippen LogP contribution >= 0.6 is 11.6 Å². The summed E-state index contributed by atoms with van der Waals surface area (Å²) in [6.45, 7) is 6.76. The van der Waals surface area contributed by atoms with Crippen LogP contribution in [0.1, 0.15) is 48.7 Å². The Morgan fingerprint density at radius 3 is 2.38 bits per heavy atom. The zero-order valence-corrected chi connectivity index (χ0v) is 22.0. The van der Waals surface area contributed by atoms with Crippen LogP contribution in [0.25, 0.3) is 0 Å². The molecule has 0 saturated carbocycles. The molecule has 0 bridgehead atoms. The van der Waals surface area contributed by atoms with E-state index in [2.05, 4.69) is 15.8 Å². The van der Waals surface area contributed by atoms with Crippen LogP contribution < -0.4 is 20.2 Å². The van der Waals surface area contributed by atoms with Crippen molar-refractivity contribution < 1.29 is 19.1 Å². The third kappa shape index (κ3) is 8.95. The van der Waals surface area contributed by atoms with Gasteiger partial charge in [0.2, 0.25) is 0 Å². The van der Waals surface area contributed by atoms with Crippen molar-refractivity contribution in [1.82, 2.24) is 10.7 Å². The molecule has 0 aliphatic carbocycles. The summed E-state index contributed by atoms with van der Waals surface area (Å²) in [6, 6.07) is 21.1. The highest BCUT2D eigenvalue weighted by atomic mass is 35.5. The van der Waals surface area contributed by atoms with Gasteiger partial charge in [-0.1, -0.05) is 55.8 Å². The van der Waals surface area contributed by atoms with Crippen molar-refractivity contribution >= 4 is 29.6 Å². The Kier molecular flexibility index (Phi) is 10.5. The fourth-order valence-corrected chi connectivity index (χ4v) is 3.65. The summed E-state index contributed by atoms with van der Waals surface area (Å²) in [4.78, 5) is 25.5. The van der Waals surface area contributed by atoms with E-state index >= 15 is 0 Å². The van der Waals surface area contributed by atoms with E-state index in [9.17, 15) is 9.59 Å². The number of halogens is 1. The number of rotatable bonds is 12. The molecule has 3 aromatic carbocycles. The molecule has 7 nitrogen and oxygen atoms in total. The van der Waals surface area contributed by atoms with Gasteiger partial charge in [0.15, 0.2) is 11.5 Å². The molecule has 2 amide bonds. The summed E-state index contributed by atoms with van der Waals surface area (Å²) in [5.41, 5.74) is 4.74. The maximum absolute atomic E-state index is 12.8. The first kappa shape index (κ1) is 27.7. The Morgan fingerprint density at radius 1 is 0.973 bits per heavy atom. The molecule has 0 radical (unpaired) electrons. The SMILES string of the molecule is CCOc1cc(/C=N\NC(=O)[C@H](CC(C)C)NC(=O)c2ccc(Cl)cc2)ccc1OCc1ccccc1. The highest BCUT2D eigenvalue weighted by molar-refractivity contribution is 6.30. The Labute approximate surface area is 222 Å². The normalized spacial score (nSPS) is 11.8. The Morgan fingerprint density at radius 2 is 1.70 bits per heavy atom. The van der Waals surface area contributed by atoms with Gasteiger partial charge in [-0.2, -0.15) is 5.10 Å². The molecule has 8 heteroatoms. The number of amides is 2. The van der Waals surface area contributed by atoms with Crippen LogP contribution in [0.3, 0.4) is 0 Å². The molecule has 0 unspecified atom stereocenters. The molecular formula is C29H32ClN3O4. The zero-order chi connectivity index (χ0) is 26.6. The first-order valence-electron chi connectivity index (χ1n) is 12.2. The van der Waals surface area contributed by atoms with Crippen LogP contribution in [0.15, 0.2) is 77.9 Å². The molecule has 0 aromatic heterocycles. The minimum Gasteiger partial charge on any atom is -0.490 e. The number of benzene rings is 3. The summed E-state index contributed by atoms with van der Waals surface area (Å²) < 4.78 is 11.7. The number of hydrogen-bond acceptors (Lipinski definition) is 5. The van der Waals surface area contributed by atoms with Gasteiger partial charge in [-0.15, -0.1) is 0 Å². The van der Waals surface area contributed by atoms with Gasteiger partial charge in [0.05, 0.1) is 12.8 Å². The maximum Gasteiger partial charge on any atom is 0.262 e. The molecule has 1 atom stereocenters. The van der Waals surface area contributed by atoms with Gasteiger partial charge in [0.1, 0.15) is 12.6 Å². The minimum atomic E-state index is -0.743. The minimum absolute atomic E-state index is 0.183. The lowest BCUT2D eigenvalue weighted by molar-refractivity contribution is -0.123. The first-order chi connectivity index (χ1) is 17.9. The van der Waals surface area contributed by atoms with Crippen LogP contribution in [0.4, 0.5) is 0 Å². The molecule has 0 heterocycles. The quantitative estimate of drug-likeness (QED) is 0.239. The van der Waals surface area contributed by atoms with Crippen LogP contribution in [0, 0.1) is 5.92 Å². The van der Waals surface area contributed by atoms with Crippen molar-refractivity contribution in [2.75, 3.05) is 6.61 Å². The van der Waals surface area contributed by atoms with Gasteiger partial charge in [0.25, 0.3) is 11.8 Å². The van der Waals surface area contributed by atoms with Gasteiger partial charge < -0.3 is 14.8 Å². The summed E-state index contributed by atoms with van der Waals surface area (Å²) in [7, 11) is 0. The van der Waals surface area contributed by atoms with Crippen molar-refractivity contribution in [3.63, 3.8) is 0 Å². The van der Waals surface area contributed by atoms with Crippen LogP contribution in [0.2, 0.25) is 5.02 Å². The Bertz CT molecular complexity index is 1200. The molecule has 3 aromatic rings. The fraction of sp³-hybridized carbons (Fsp3) is 0.276. The second-order valence-corrected chi connectivity index (χ2v) is 9.25. The number of ether oxygens (including phenoxy) is 2. The van der Waals surface area contributed by atoms with Gasteiger partial charge in [0, 0.05) is 10.6 Å². The van der Waals surface area contributed by atoms with Gasteiger partial charge in [-0.3, -0.25) is 9.59 Å². The lowest BCUT2D eigenvalue weighted by atomic mass is 10.0.